The fourth-order valence-corrected chi connectivity index (χ4v) is 3.23. The third kappa shape index (κ3) is 4.75. The fourth-order valence-electron chi connectivity index (χ4n) is 1.88. The van der Waals surface area contributed by atoms with E-state index in [2.05, 4.69) is 10.0 Å². The molecule has 23 heavy (non-hydrogen) atoms. The van der Waals surface area contributed by atoms with Crippen molar-refractivity contribution in [2.45, 2.75) is 29.8 Å². The number of rotatable bonds is 8. The Bertz CT molecular complexity index is 699. The first-order chi connectivity index (χ1) is 10.8. The number of hydrogen-bond acceptors (Lipinski definition) is 5. The van der Waals surface area contributed by atoms with E-state index >= 15 is 0 Å². The second-order valence-corrected chi connectivity index (χ2v) is 6.96. The Labute approximate surface area is 133 Å². The number of aliphatic carboxylic acids is 1. The van der Waals surface area contributed by atoms with Crippen LogP contribution in [0.25, 0.3) is 0 Å². The molecule has 1 fully saturated rings. The maximum Gasteiger partial charge on any atom is 0.328 e. The molecule has 0 aromatic heterocycles. The van der Waals surface area contributed by atoms with Crippen molar-refractivity contribution in [1.29, 1.82) is 0 Å². The van der Waals surface area contributed by atoms with Gasteiger partial charge in [0.25, 0.3) is 5.91 Å². The molecule has 0 heterocycles. The van der Waals surface area contributed by atoms with Gasteiger partial charge in [-0.3, -0.25) is 4.79 Å². The monoisotopic (exact) mass is 342 g/mol. The molecule has 0 aliphatic heterocycles. The van der Waals surface area contributed by atoms with E-state index in [1.807, 2.05) is 0 Å². The van der Waals surface area contributed by atoms with Gasteiger partial charge < -0.3 is 15.2 Å². The second-order valence-electron chi connectivity index (χ2n) is 5.24. The molecule has 0 saturated heterocycles. The highest BCUT2D eigenvalue weighted by Gasteiger charge is 2.28. The number of carbonyl (C=O) groups is 2. The first-order valence-electron chi connectivity index (χ1n) is 6.98. The average molecular weight is 342 g/mol. The van der Waals surface area contributed by atoms with E-state index in [1.54, 1.807) is 0 Å². The van der Waals surface area contributed by atoms with Gasteiger partial charge in [0.15, 0.2) is 6.04 Å². The predicted octanol–water partition coefficient (Wildman–Crippen LogP) is -0.0433. The molecule has 0 bridgehead atoms. The number of hydrogen-bond donors (Lipinski definition) is 3. The van der Waals surface area contributed by atoms with Gasteiger partial charge in [0.2, 0.25) is 10.0 Å². The largest absolute Gasteiger partial charge is 0.480 e. The molecule has 2 rings (SSSR count). The van der Waals surface area contributed by atoms with Crippen molar-refractivity contribution >= 4 is 21.9 Å². The molecular weight excluding hydrogens is 324 g/mol. The fraction of sp³-hybridized carbons (Fsp3) is 0.429. The lowest BCUT2D eigenvalue weighted by Gasteiger charge is -2.14. The molecule has 1 atom stereocenters. The first-order valence-corrected chi connectivity index (χ1v) is 8.47. The number of amides is 1. The van der Waals surface area contributed by atoms with Crippen LogP contribution in [0.1, 0.15) is 23.2 Å². The van der Waals surface area contributed by atoms with Gasteiger partial charge in [0.05, 0.1) is 11.5 Å². The summed E-state index contributed by atoms with van der Waals surface area (Å²) in [6.07, 6.45) is 1.60. The number of nitrogens with one attached hydrogen (secondary N) is 2. The van der Waals surface area contributed by atoms with E-state index in [1.165, 1.54) is 31.4 Å². The molecule has 1 aliphatic carbocycles. The summed E-state index contributed by atoms with van der Waals surface area (Å²) in [4.78, 5) is 23.1. The van der Waals surface area contributed by atoms with Gasteiger partial charge in [-0.2, -0.15) is 0 Å². The van der Waals surface area contributed by atoms with Crippen LogP contribution in [0.3, 0.4) is 0 Å². The number of carboxylic acids is 1. The molecule has 1 amide bonds. The van der Waals surface area contributed by atoms with Crippen LogP contribution in [0.5, 0.6) is 0 Å². The van der Waals surface area contributed by atoms with Gasteiger partial charge in [-0.05, 0) is 31.0 Å². The Morgan fingerprint density at radius 2 is 2.09 bits per heavy atom. The van der Waals surface area contributed by atoms with Crippen molar-refractivity contribution in [3.63, 3.8) is 0 Å². The Hall–Kier alpha value is -1.97. The first kappa shape index (κ1) is 17.4. The van der Waals surface area contributed by atoms with Gasteiger partial charge in [-0.25, -0.2) is 17.9 Å². The van der Waals surface area contributed by atoms with E-state index in [0.717, 1.165) is 12.8 Å². The molecule has 126 valence electrons. The smallest absolute Gasteiger partial charge is 0.328 e. The lowest BCUT2D eigenvalue weighted by molar-refractivity contribution is -0.140. The van der Waals surface area contributed by atoms with Crippen molar-refractivity contribution in [2.75, 3.05) is 13.7 Å². The van der Waals surface area contributed by atoms with Crippen molar-refractivity contribution < 1.29 is 27.9 Å². The minimum Gasteiger partial charge on any atom is -0.480 e. The summed E-state index contributed by atoms with van der Waals surface area (Å²) in [5, 5.41) is 11.3. The molecular formula is C14H18N2O6S. The molecule has 1 aliphatic rings. The van der Waals surface area contributed by atoms with Crippen molar-refractivity contribution in [3.05, 3.63) is 29.8 Å². The van der Waals surface area contributed by atoms with Crippen LogP contribution in [0, 0.1) is 0 Å². The van der Waals surface area contributed by atoms with Crippen LogP contribution in [-0.2, 0) is 19.6 Å². The molecule has 1 aromatic rings. The molecule has 1 aromatic carbocycles. The standard InChI is InChI=1S/C14H18N2O6S/c1-22-8-12(14(18)19)15-13(17)9-3-2-4-11(7-9)23(20,21)16-10-5-6-10/h2-4,7,10,12,16H,5-6,8H2,1H3,(H,15,17)(H,18,19). The lowest BCUT2D eigenvalue weighted by Crippen LogP contribution is -2.43. The quantitative estimate of drug-likeness (QED) is 0.609. The number of benzene rings is 1. The van der Waals surface area contributed by atoms with Crippen molar-refractivity contribution in [3.8, 4) is 0 Å². The summed E-state index contributed by atoms with van der Waals surface area (Å²) in [5.41, 5.74) is 0.0611. The highest BCUT2D eigenvalue weighted by Crippen LogP contribution is 2.22. The third-order valence-corrected chi connectivity index (χ3v) is 4.76. The summed E-state index contributed by atoms with van der Waals surface area (Å²) >= 11 is 0. The minimum atomic E-state index is -3.68. The van der Waals surface area contributed by atoms with Gasteiger partial charge >= 0.3 is 5.97 Å². The average Bonchev–Trinajstić information content (AvgIpc) is 3.30. The van der Waals surface area contributed by atoms with Crippen molar-refractivity contribution in [1.82, 2.24) is 10.0 Å². The SMILES string of the molecule is COCC(NC(=O)c1cccc(S(=O)(=O)NC2CC2)c1)C(=O)O. The highest BCUT2D eigenvalue weighted by atomic mass is 32.2. The Morgan fingerprint density at radius 3 is 2.65 bits per heavy atom. The van der Waals surface area contributed by atoms with Crippen LogP contribution in [0.2, 0.25) is 0 Å². The third-order valence-electron chi connectivity index (χ3n) is 3.24. The number of methoxy groups -OCH3 is 1. The van der Waals surface area contributed by atoms with Crippen molar-refractivity contribution in [2.24, 2.45) is 0 Å². The van der Waals surface area contributed by atoms with E-state index in [-0.39, 0.29) is 23.1 Å². The number of carbonyl (C=O) groups excluding carboxylic acids is 1. The number of sulfonamides is 1. The number of ether oxygens (including phenoxy) is 1. The zero-order chi connectivity index (χ0) is 17.0. The summed E-state index contributed by atoms with van der Waals surface area (Å²) in [6, 6.07) is 4.18. The zero-order valence-electron chi connectivity index (χ0n) is 12.5. The highest BCUT2D eigenvalue weighted by molar-refractivity contribution is 7.89. The van der Waals surface area contributed by atoms with E-state index in [9.17, 15) is 18.0 Å². The summed E-state index contributed by atoms with van der Waals surface area (Å²) in [7, 11) is -2.36. The molecule has 9 heteroatoms. The van der Waals surface area contributed by atoms with Gasteiger partial charge in [0.1, 0.15) is 0 Å². The van der Waals surface area contributed by atoms with Crippen LogP contribution < -0.4 is 10.0 Å². The normalized spacial score (nSPS) is 15.9. The van der Waals surface area contributed by atoms with E-state index < -0.39 is 27.9 Å². The molecule has 0 radical (unpaired) electrons. The second kappa shape index (κ2) is 7.07. The maximum atomic E-state index is 12.1. The topological polar surface area (TPSA) is 122 Å². The lowest BCUT2D eigenvalue weighted by atomic mass is 10.2. The molecule has 8 nitrogen and oxygen atoms in total. The molecule has 1 unspecified atom stereocenters. The van der Waals surface area contributed by atoms with Crippen LogP contribution in [-0.4, -0.2) is 51.2 Å². The Morgan fingerprint density at radius 1 is 1.39 bits per heavy atom. The predicted molar refractivity (Wildman–Crippen MR) is 80.6 cm³/mol. The summed E-state index contributed by atoms with van der Waals surface area (Å²) in [5.74, 6) is -1.92. The zero-order valence-corrected chi connectivity index (χ0v) is 13.3. The molecule has 3 N–H and O–H groups in total. The van der Waals surface area contributed by atoms with Crippen LogP contribution in [0.15, 0.2) is 29.2 Å². The summed E-state index contributed by atoms with van der Waals surface area (Å²) < 4.78 is 31.5. The molecule has 0 spiro atoms. The Kier molecular flexibility index (Phi) is 5.34. The number of carboxylic acid groups (broad SMARTS) is 1. The maximum absolute atomic E-state index is 12.1. The van der Waals surface area contributed by atoms with E-state index in [4.69, 9.17) is 9.84 Å². The minimum absolute atomic E-state index is 0.0318. The summed E-state index contributed by atoms with van der Waals surface area (Å²) in [6.45, 7) is -0.192. The van der Waals surface area contributed by atoms with Crippen LogP contribution in [0.4, 0.5) is 0 Å². The van der Waals surface area contributed by atoms with Crippen LogP contribution >= 0.6 is 0 Å². The van der Waals surface area contributed by atoms with E-state index in [0.29, 0.717) is 0 Å². The van der Waals surface area contributed by atoms with Gasteiger partial charge in [-0.1, -0.05) is 6.07 Å². The molecule has 1 saturated carbocycles. The Balaban J connectivity index is 2.15. The van der Waals surface area contributed by atoms with Gasteiger partial charge in [-0.15, -0.1) is 0 Å². The van der Waals surface area contributed by atoms with Gasteiger partial charge in [0, 0.05) is 18.7 Å².